The van der Waals surface area contributed by atoms with Crippen LogP contribution < -0.4 is 9.46 Å². The molecule has 140 valence electrons. The van der Waals surface area contributed by atoms with Crippen LogP contribution in [-0.4, -0.2) is 39.7 Å². The number of nitrogens with one attached hydrogen (secondary N) is 1. The summed E-state index contributed by atoms with van der Waals surface area (Å²) in [5, 5.41) is 0. The first-order valence-electron chi connectivity index (χ1n) is 9.08. The number of hydrogen-bond donors (Lipinski definition) is 1. The van der Waals surface area contributed by atoms with Crippen LogP contribution in [-0.2, 0) is 17.9 Å². The number of benzene rings is 1. The van der Waals surface area contributed by atoms with Crippen LogP contribution in [0.1, 0.15) is 31.4 Å². The van der Waals surface area contributed by atoms with Gasteiger partial charge in [-0.05, 0) is 51.0 Å². The fourth-order valence-electron chi connectivity index (χ4n) is 3.13. The lowest BCUT2D eigenvalue weighted by atomic mass is 10.2. The maximum absolute atomic E-state index is 12.5. The Kier molecular flexibility index (Phi) is 6.53. The average molecular weight is 374 g/mol. The lowest BCUT2D eigenvalue weighted by Crippen LogP contribution is -2.37. The molecule has 0 unspecified atom stereocenters. The highest BCUT2D eigenvalue weighted by atomic mass is 32.2. The maximum Gasteiger partial charge on any atom is 0.194 e. The number of pyridine rings is 1. The molecular weight excluding hydrogens is 346 g/mol. The van der Waals surface area contributed by atoms with E-state index in [4.69, 9.17) is 4.74 Å². The molecule has 0 radical (unpaired) electrons. The largest absolute Gasteiger partial charge is 0.593 e. The van der Waals surface area contributed by atoms with Gasteiger partial charge >= 0.3 is 0 Å². The number of rotatable bonds is 7. The third-order valence-corrected chi connectivity index (χ3v) is 5.81. The summed E-state index contributed by atoms with van der Waals surface area (Å²) < 4.78 is 21.5. The SMILES string of the molecule is Cc1ccncc1[S@+]([O-])N[C@@H]1CCN(Cc2ccc(OC(C)C)cc2)C1. The highest BCUT2D eigenvalue weighted by molar-refractivity contribution is 7.89. The van der Waals surface area contributed by atoms with Gasteiger partial charge in [-0.3, -0.25) is 9.88 Å². The van der Waals surface area contributed by atoms with Gasteiger partial charge in [0.1, 0.15) is 5.75 Å². The molecule has 0 spiro atoms. The minimum atomic E-state index is -1.21. The first-order valence-corrected chi connectivity index (χ1v) is 10.2. The van der Waals surface area contributed by atoms with E-state index in [1.807, 2.05) is 39.0 Å². The van der Waals surface area contributed by atoms with E-state index < -0.39 is 11.4 Å². The van der Waals surface area contributed by atoms with Crippen LogP contribution in [0.4, 0.5) is 0 Å². The Morgan fingerprint density at radius 1 is 1.31 bits per heavy atom. The van der Waals surface area contributed by atoms with Crippen LogP contribution in [0.5, 0.6) is 5.75 Å². The summed E-state index contributed by atoms with van der Waals surface area (Å²) in [6, 6.07) is 10.4. The Hall–Kier alpha value is -1.60. The fourth-order valence-corrected chi connectivity index (χ4v) is 4.27. The normalized spacial score (nSPS) is 19.0. The summed E-state index contributed by atoms with van der Waals surface area (Å²) in [7, 11) is 0. The van der Waals surface area contributed by atoms with Crippen molar-refractivity contribution in [2.75, 3.05) is 13.1 Å². The molecule has 0 bridgehead atoms. The smallest absolute Gasteiger partial charge is 0.194 e. The number of aryl methyl sites for hydroxylation is 1. The summed E-state index contributed by atoms with van der Waals surface area (Å²) >= 11 is -1.21. The van der Waals surface area contributed by atoms with Crippen molar-refractivity contribution < 1.29 is 9.29 Å². The van der Waals surface area contributed by atoms with Crippen LogP contribution in [0, 0.1) is 6.92 Å². The summed E-state index contributed by atoms with van der Waals surface area (Å²) in [5.74, 6) is 0.909. The fraction of sp³-hybridized carbons (Fsp3) is 0.450. The highest BCUT2D eigenvalue weighted by Gasteiger charge is 2.27. The zero-order valence-corrected chi connectivity index (χ0v) is 16.5. The van der Waals surface area contributed by atoms with Crippen molar-refractivity contribution in [1.82, 2.24) is 14.6 Å². The molecule has 0 amide bonds. The Morgan fingerprint density at radius 2 is 2.08 bits per heavy atom. The topological polar surface area (TPSA) is 60.5 Å². The lowest BCUT2D eigenvalue weighted by Gasteiger charge is -2.18. The molecule has 0 aliphatic carbocycles. The monoisotopic (exact) mass is 373 g/mol. The number of hydrogen-bond acceptors (Lipinski definition) is 5. The molecule has 1 aromatic heterocycles. The molecule has 5 nitrogen and oxygen atoms in total. The number of likely N-dealkylation sites (tertiary alicyclic amines) is 1. The first-order chi connectivity index (χ1) is 12.5. The minimum Gasteiger partial charge on any atom is -0.593 e. The lowest BCUT2D eigenvalue weighted by molar-refractivity contribution is 0.242. The molecule has 2 aromatic rings. The van der Waals surface area contributed by atoms with Crippen LogP contribution in [0.15, 0.2) is 47.6 Å². The molecule has 1 aliphatic heterocycles. The van der Waals surface area contributed by atoms with Crippen molar-refractivity contribution in [1.29, 1.82) is 0 Å². The molecule has 1 saturated heterocycles. The average Bonchev–Trinajstić information content (AvgIpc) is 3.03. The Bertz CT molecular complexity index is 708. The Labute approximate surface area is 159 Å². The first kappa shape index (κ1) is 19.2. The second-order valence-electron chi connectivity index (χ2n) is 7.06. The van der Waals surface area contributed by atoms with Gasteiger partial charge < -0.3 is 9.29 Å². The Balaban J connectivity index is 1.50. The van der Waals surface area contributed by atoms with Gasteiger partial charge in [0.15, 0.2) is 4.90 Å². The predicted octanol–water partition coefficient (Wildman–Crippen LogP) is 3.06. The van der Waals surface area contributed by atoms with Crippen molar-refractivity contribution >= 4 is 11.4 Å². The third kappa shape index (κ3) is 5.20. The molecule has 2 atom stereocenters. The van der Waals surface area contributed by atoms with Gasteiger partial charge in [0.05, 0.1) is 29.7 Å². The molecule has 6 heteroatoms. The van der Waals surface area contributed by atoms with Gasteiger partial charge in [0.25, 0.3) is 0 Å². The third-order valence-electron chi connectivity index (χ3n) is 4.44. The molecule has 1 aliphatic rings. The standard InChI is InChI=1S/C20H27N3O2S/c1-15(2)25-19-6-4-17(5-7-19)13-23-11-9-18(14-23)22-26(24)20-12-21-10-8-16(20)3/h4-8,10,12,15,18,22H,9,11,13-14H2,1-3H3/t18-,26+/m1/s1. The van der Waals surface area contributed by atoms with Crippen LogP contribution in [0.25, 0.3) is 0 Å². The van der Waals surface area contributed by atoms with Crippen molar-refractivity contribution in [3.8, 4) is 5.75 Å². The van der Waals surface area contributed by atoms with Gasteiger partial charge in [0, 0.05) is 31.4 Å². The summed E-state index contributed by atoms with van der Waals surface area (Å²) in [6.45, 7) is 8.83. The number of nitrogens with zero attached hydrogens (tertiary/aromatic N) is 2. The second-order valence-corrected chi connectivity index (χ2v) is 8.27. The summed E-state index contributed by atoms with van der Waals surface area (Å²) in [4.78, 5) is 7.25. The Morgan fingerprint density at radius 3 is 2.77 bits per heavy atom. The molecule has 1 fully saturated rings. The molecule has 26 heavy (non-hydrogen) atoms. The van der Waals surface area contributed by atoms with Crippen molar-refractivity contribution in [2.45, 2.75) is 50.8 Å². The number of ether oxygens (including phenoxy) is 1. The molecule has 1 aromatic carbocycles. The highest BCUT2D eigenvalue weighted by Crippen LogP contribution is 2.19. The van der Waals surface area contributed by atoms with E-state index in [2.05, 4.69) is 26.7 Å². The van der Waals surface area contributed by atoms with Gasteiger partial charge in [-0.15, -0.1) is 4.72 Å². The van der Waals surface area contributed by atoms with E-state index >= 15 is 0 Å². The van der Waals surface area contributed by atoms with E-state index in [9.17, 15) is 4.55 Å². The van der Waals surface area contributed by atoms with E-state index in [1.165, 1.54) is 5.56 Å². The molecular formula is C20H27N3O2S. The molecule has 1 N–H and O–H groups in total. The second kappa shape index (κ2) is 8.86. The maximum atomic E-state index is 12.5. The van der Waals surface area contributed by atoms with E-state index in [0.29, 0.717) is 0 Å². The van der Waals surface area contributed by atoms with Gasteiger partial charge in [-0.1, -0.05) is 12.1 Å². The van der Waals surface area contributed by atoms with Crippen LogP contribution >= 0.6 is 0 Å². The van der Waals surface area contributed by atoms with Gasteiger partial charge in [-0.2, -0.15) is 0 Å². The van der Waals surface area contributed by atoms with Crippen LogP contribution in [0.2, 0.25) is 0 Å². The molecule has 0 saturated carbocycles. The van der Waals surface area contributed by atoms with Gasteiger partial charge in [-0.25, -0.2) is 0 Å². The van der Waals surface area contributed by atoms with Gasteiger partial charge in [0.2, 0.25) is 0 Å². The summed E-state index contributed by atoms with van der Waals surface area (Å²) in [5.41, 5.74) is 2.27. The molecule has 3 rings (SSSR count). The summed E-state index contributed by atoms with van der Waals surface area (Å²) in [6.07, 6.45) is 4.60. The van der Waals surface area contributed by atoms with E-state index in [1.54, 1.807) is 12.4 Å². The van der Waals surface area contributed by atoms with Crippen molar-refractivity contribution in [3.63, 3.8) is 0 Å². The van der Waals surface area contributed by atoms with E-state index in [0.717, 1.165) is 42.3 Å². The quantitative estimate of drug-likeness (QED) is 0.756. The van der Waals surface area contributed by atoms with Crippen LogP contribution in [0.3, 0.4) is 0 Å². The molecule has 2 heterocycles. The zero-order chi connectivity index (χ0) is 18.5. The van der Waals surface area contributed by atoms with E-state index in [-0.39, 0.29) is 12.1 Å². The minimum absolute atomic E-state index is 0.190. The van der Waals surface area contributed by atoms with Crippen molar-refractivity contribution in [2.24, 2.45) is 0 Å². The van der Waals surface area contributed by atoms with Crippen molar-refractivity contribution in [3.05, 3.63) is 53.9 Å². The predicted molar refractivity (Wildman–Crippen MR) is 104 cm³/mol. The zero-order valence-electron chi connectivity index (χ0n) is 15.6. The number of aromatic nitrogens is 1.